The smallest absolute Gasteiger partial charge is 0.417 e. The van der Waals surface area contributed by atoms with E-state index in [-0.39, 0.29) is 123 Å². The van der Waals surface area contributed by atoms with E-state index < -0.39 is 113 Å². The molecule has 55 heteroatoms. The van der Waals surface area contributed by atoms with Gasteiger partial charge >= 0.3 is 6.18 Å². The number of halogens is 5. The molecule has 5 aliphatic rings. The standard InChI is InChI=1S/C17H18ClN5O3S.C17H17F3N6O3S.C17H18FN5O3S.C16H19N7O3S.C15H18N6O4S/c1-17(10-27(25,26)23(2)16(19)22-17)13-4-3-5-14(20-13)21-15(24)11-6-8-12(18)9-7-11;1-16(9-30(28,29)26(2)15(21)25-16)12-4-3-5-13(23-12)24-14(27)11-7-6-10(8-22-11)17(18,19)20;1-17(10-27(25,26)23(2)16(19)22-17)12-5-11(7-20-8-12)6-15(24)14-4-3-13(18)9-21-14;1-10-7-19-11(8-18-10)14(24)21-13-6-4-5-12(20-13)16(2)9-27(25,26)23(3)15(17)22-16;1-9-18-12(7-25-9)13(22)19-11-4-10(5-17-6-11)15(2)8-26(23,24)21(3)14(16)20-15/h3-9H,10H2,1-2H3,(H2,19,22)(H,20,21,24);3-8H,9H2,1-2H3,(H2,21,25)(H,23,24,27);3-5,7-9H,6,10H2,1-2H3,(H2,19,22);4-8H,9H2,1-3H3,(H2,17,22)(H,20,21,24);4-7H,8H2,1-3H3,(H2,16,20)(H,19,22)/t17-;16-;17-;16-;15-/m00000/s1. The first-order chi connectivity index (χ1) is 63.7. The number of alkyl halides is 3. The second-order valence-corrected chi connectivity index (χ2v) is 42.6. The maximum Gasteiger partial charge on any atom is 0.417 e. The Kier molecular flexibility index (Phi) is 29.7. The van der Waals surface area contributed by atoms with Gasteiger partial charge in [0.1, 0.15) is 91.6 Å². The molecule has 0 fully saturated rings. The normalized spacial score (nSPS) is 21.5. The molecule has 0 aliphatic carbocycles. The summed E-state index contributed by atoms with van der Waals surface area (Å²) in [6.07, 6.45) is 6.99. The minimum Gasteiger partial charge on any atom is -0.448 e. The van der Waals surface area contributed by atoms with Gasteiger partial charge in [0.15, 0.2) is 17.4 Å². The van der Waals surface area contributed by atoms with E-state index in [1.54, 1.807) is 114 Å². The van der Waals surface area contributed by atoms with Crippen molar-refractivity contribution >= 4 is 144 Å². The zero-order chi connectivity index (χ0) is 101. The fraction of sp³-hybridized carbons (Fsp3) is 0.293. The molecule has 9 aromatic heterocycles. The lowest BCUT2D eigenvalue weighted by Gasteiger charge is -2.34. The van der Waals surface area contributed by atoms with Gasteiger partial charge in [-0.3, -0.25) is 48.9 Å². The summed E-state index contributed by atoms with van der Waals surface area (Å²) in [5.74, 6) is -4.11. The van der Waals surface area contributed by atoms with Crippen LogP contribution in [0.4, 0.5) is 40.7 Å². The van der Waals surface area contributed by atoms with Crippen LogP contribution in [0.5, 0.6) is 0 Å². The molecular formula is C82H90ClF4N29O16S5. The lowest BCUT2D eigenvalue weighted by molar-refractivity contribution is -0.137. The third-order valence-corrected chi connectivity index (χ3v) is 31.2. The highest BCUT2D eigenvalue weighted by atomic mass is 35.5. The van der Waals surface area contributed by atoms with Crippen molar-refractivity contribution in [3.05, 3.63) is 261 Å². The van der Waals surface area contributed by atoms with E-state index in [0.717, 1.165) is 45.9 Å². The van der Waals surface area contributed by atoms with Crippen molar-refractivity contribution in [3.63, 3.8) is 0 Å². The summed E-state index contributed by atoms with van der Waals surface area (Å²) in [5.41, 5.74) is 26.2. The van der Waals surface area contributed by atoms with Gasteiger partial charge in [-0.05, 0) is 150 Å². The highest BCUT2D eigenvalue weighted by molar-refractivity contribution is 7.91. The number of Topliss-reactive ketones (excluding diaryl/α,β-unsaturated/α-hetero) is 1. The number of hydrogen-bond acceptors (Lipinski definition) is 36. The van der Waals surface area contributed by atoms with Crippen LogP contribution in [0.1, 0.15) is 138 Å². The van der Waals surface area contributed by atoms with Crippen molar-refractivity contribution in [1.29, 1.82) is 0 Å². The van der Waals surface area contributed by atoms with E-state index in [2.05, 4.69) is 96.1 Å². The minimum absolute atomic E-state index is 0.0125. The van der Waals surface area contributed by atoms with Crippen LogP contribution in [-0.4, -0.2) is 237 Å². The molecule has 0 saturated carbocycles. The Morgan fingerprint density at radius 1 is 0.423 bits per heavy atom. The molecule has 1 aromatic carbocycles. The van der Waals surface area contributed by atoms with E-state index >= 15 is 0 Å². The highest BCUT2D eigenvalue weighted by Crippen LogP contribution is 2.38. The number of benzene rings is 1. The van der Waals surface area contributed by atoms with Crippen LogP contribution < -0.4 is 49.9 Å². The molecule has 5 atom stereocenters. The van der Waals surface area contributed by atoms with Crippen LogP contribution >= 0.6 is 11.6 Å². The Morgan fingerprint density at radius 3 is 1.20 bits per heavy atom. The number of oxazole rings is 1. The van der Waals surface area contributed by atoms with Crippen LogP contribution in [0.25, 0.3) is 0 Å². The maximum absolute atomic E-state index is 12.9. The van der Waals surface area contributed by atoms with Crippen LogP contribution in [0, 0.1) is 19.7 Å². The molecule has 5 aliphatic heterocycles. The summed E-state index contributed by atoms with van der Waals surface area (Å²) in [6, 6.07) is 28.2. The second-order valence-electron chi connectivity index (χ2n) is 32.1. The quantitative estimate of drug-likeness (QED) is 0.0460. The van der Waals surface area contributed by atoms with Crippen molar-refractivity contribution in [2.24, 2.45) is 53.6 Å². The number of carbonyl (C=O) groups is 5. The molecule has 4 amide bonds. The van der Waals surface area contributed by atoms with Crippen LogP contribution in [0.3, 0.4) is 0 Å². The van der Waals surface area contributed by atoms with Gasteiger partial charge in [0.05, 0.1) is 64.1 Å². The predicted molar refractivity (Wildman–Crippen MR) is 497 cm³/mol. The van der Waals surface area contributed by atoms with Crippen molar-refractivity contribution in [2.45, 2.75) is 88.8 Å². The number of rotatable bonds is 16. The van der Waals surface area contributed by atoms with E-state index in [1.807, 2.05) is 0 Å². The number of carbonyl (C=O) groups excluding carboxylic acids is 5. The zero-order valence-corrected chi connectivity index (χ0v) is 79.5. The number of aliphatic imine (C=N–C) groups is 5. The third kappa shape index (κ3) is 24.5. The monoisotopic (exact) mass is 2010 g/mol. The molecule has 0 spiro atoms. The van der Waals surface area contributed by atoms with Gasteiger partial charge in [0.25, 0.3) is 23.6 Å². The van der Waals surface area contributed by atoms with Gasteiger partial charge < -0.3 is 54.4 Å². The molecule has 10 aromatic rings. The Balaban J connectivity index is 0.000000164. The summed E-state index contributed by atoms with van der Waals surface area (Å²) in [6.45, 7) is 11.5. The van der Waals surface area contributed by atoms with Crippen molar-refractivity contribution in [1.82, 2.24) is 71.4 Å². The number of pyridine rings is 7. The number of guanidine groups is 5. The number of nitrogens with zero attached hydrogens (tertiary/aromatic N) is 20. The Hall–Kier alpha value is -14.8. The van der Waals surface area contributed by atoms with Gasteiger partial charge in [-0.25, -0.2) is 118 Å². The lowest BCUT2D eigenvalue weighted by Crippen LogP contribution is -2.50. The third-order valence-electron chi connectivity index (χ3n) is 21.2. The highest BCUT2D eigenvalue weighted by Gasteiger charge is 2.47. The van der Waals surface area contributed by atoms with Gasteiger partial charge in [0, 0.05) is 95.7 Å². The number of aromatic nitrogens is 10. The van der Waals surface area contributed by atoms with E-state index in [0.29, 0.717) is 62.1 Å². The largest absolute Gasteiger partial charge is 0.448 e. The molecule has 137 heavy (non-hydrogen) atoms. The average Bonchev–Trinajstić information content (AvgIpc) is 1.06. The summed E-state index contributed by atoms with van der Waals surface area (Å²) in [7, 11) is -11.5. The van der Waals surface area contributed by atoms with Gasteiger partial charge in [-0.15, -0.1) is 0 Å². The van der Waals surface area contributed by atoms with Gasteiger partial charge in [0.2, 0.25) is 79.9 Å². The lowest BCUT2D eigenvalue weighted by atomic mass is 9.94. The number of aryl methyl sites for hydroxylation is 2. The molecule has 14 heterocycles. The molecule has 15 rings (SSSR count). The number of hydrogen-bond donors (Lipinski definition) is 9. The summed E-state index contributed by atoms with van der Waals surface area (Å²) >= 11 is 5.82. The van der Waals surface area contributed by atoms with Gasteiger partial charge in [-0.2, -0.15) is 13.2 Å². The average molecular weight is 2010 g/mol. The minimum atomic E-state index is -4.57. The number of sulfonamides is 5. The van der Waals surface area contributed by atoms with E-state index in [1.165, 1.54) is 110 Å². The SMILES string of the molecule is CN1C(N)=N[C@](C)(c2cccc(NC(=O)c3ccc(C(F)(F)F)cn3)n2)CS1(=O)=O.CN1C(N)=N[C@](C)(c2cccc(NC(=O)c3ccc(Cl)cc3)n2)CS1(=O)=O.CN1C(N)=N[C@](C)(c2cncc(CC(=O)c3ccc(F)cn3)c2)CS1(=O)=O.Cc1cnc(C(=O)Nc2cccc([C@]3(C)CS(=O)(=O)N(C)C(N)=N3)n2)cn1.Cc1nc(C(=O)Nc2cncc([C@]3(C)CS(=O)(=O)N(C)C(N)=N3)c2)co1. The maximum atomic E-state index is 12.9. The van der Waals surface area contributed by atoms with E-state index in [4.69, 9.17) is 44.7 Å². The predicted octanol–water partition coefficient (Wildman–Crippen LogP) is 4.86. The summed E-state index contributed by atoms with van der Waals surface area (Å²) in [4.78, 5) is 123. The topological polar surface area (TPSA) is 654 Å². The number of anilines is 4. The Bertz CT molecular complexity index is 6750. The first-order valence-electron chi connectivity index (χ1n) is 40.1. The number of nitrogens with two attached hydrogens (primary N) is 5. The Morgan fingerprint density at radius 2 is 0.810 bits per heavy atom. The van der Waals surface area contributed by atoms with Crippen molar-refractivity contribution in [3.8, 4) is 0 Å². The molecule has 0 saturated heterocycles. The number of ketones is 1. The molecule has 0 bridgehead atoms. The fourth-order valence-corrected chi connectivity index (χ4v) is 20.7. The van der Waals surface area contributed by atoms with Crippen LogP contribution in [0.15, 0.2) is 200 Å². The van der Waals surface area contributed by atoms with Crippen molar-refractivity contribution in [2.75, 3.05) is 85.3 Å². The summed E-state index contributed by atoms with van der Waals surface area (Å²) < 4.78 is 183. The Labute approximate surface area is 787 Å². The molecule has 14 N–H and O–H groups in total. The first kappa shape index (κ1) is 103. The molecule has 45 nitrogen and oxygen atoms in total. The number of amides is 4. The van der Waals surface area contributed by atoms with Gasteiger partial charge in [-0.1, -0.05) is 29.8 Å². The van der Waals surface area contributed by atoms with Crippen molar-refractivity contribution < 1.29 is 88.0 Å². The fourth-order valence-electron chi connectivity index (χ4n) is 13.4. The second kappa shape index (κ2) is 39.6. The molecule has 0 unspecified atom stereocenters. The molecular weight excluding hydrogens is 1920 g/mol. The van der Waals surface area contributed by atoms with E-state index in [9.17, 15) is 83.6 Å². The first-order valence-corrected chi connectivity index (χ1v) is 48.5. The van der Waals surface area contributed by atoms with Crippen LogP contribution in [-0.2, 0) is 90.4 Å². The zero-order valence-electron chi connectivity index (χ0n) is 74.7. The molecule has 0 radical (unpaired) electrons. The molecule has 724 valence electrons. The summed E-state index contributed by atoms with van der Waals surface area (Å²) in [5, 5.41) is 10.9. The van der Waals surface area contributed by atoms with Crippen LogP contribution in [0.2, 0.25) is 5.02 Å². The number of nitrogens with one attached hydrogen (secondary N) is 4.